The van der Waals surface area contributed by atoms with Gasteiger partial charge in [-0.2, -0.15) is 0 Å². The molecule has 5 nitrogen and oxygen atoms in total. The fourth-order valence-corrected chi connectivity index (χ4v) is 3.42. The van der Waals surface area contributed by atoms with Crippen LogP contribution in [-0.2, 0) is 9.53 Å². The first kappa shape index (κ1) is 18.6. The minimum absolute atomic E-state index is 0. The number of hydrogen-bond acceptors (Lipinski definition) is 5. The number of Topliss-reactive ketones (excluding diaryl/α,β-unsaturated/α-hetero) is 1. The molecule has 0 atom stereocenters. The highest BCUT2D eigenvalue weighted by Gasteiger charge is 2.37. The fourth-order valence-electron chi connectivity index (χ4n) is 3.42. The summed E-state index contributed by atoms with van der Waals surface area (Å²) in [5.74, 6) is 0.275. The molecule has 0 aromatic carbocycles. The lowest BCUT2D eigenvalue weighted by Gasteiger charge is -2.46. The molecule has 0 aliphatic carbocycles. The SMILES string of the molecule is C.CC(=O)CN1CCC2(CCN(COCCO)CC2)CC1. The van der Waals surface area contributed by atoms with Crippen LogP contribution in [0.3, 0.4) is 0 Å². The average Bonchev–Trinajstić information content (AvgIpc) is 2.44. The van der Waals surface area contributed by atoms with Crippen LogP contribution in [0.2, 0.25) is 0 Å². The van der Waals surface area contributed by atoms with E-state index in [0.717, 1.165) is 26.2 Å². The Labute approximate surface area is 129 Å². The molecular formula is C16H32N2O3. The van der Waals surface area contributed by atoms with Gasteiger partial charge in [0.05, 0.1) is 26.5 Å². The van der Waals surface area contributed by atoms with Gasteiger partial charge in [-0.05, 0) is 51.1 Å². The summed E-state index contributed by atoms with van der Waals surface area (Å²) in [6.45, 7) is 7.81. The van der Waals surface area contributed by atoms with Gasteiger partial charge < -0.3 is 9.84 Å². The zero-order valence-electron chi connectivity index (χ0n) is 12.6. The molecule has 0 aromatic heterocycles. The van der Waals surface area contributed by atoms with Crippen molar-refractivity contribution in [1.29, 1.82) is 0 Å². The Balaban J connectivity index is 0.00000220. The Bertz CT molecular complexity index is 305. The summed E-state index contributed by atoms with van der Waals surface area (Å²) < 4.78 is 5.39. The molecule has 2 rings (SSSR count). The van der Waals surface area contributed by atoms with Crippen molar-refractivity contribution in [2.75, 3.05) is 52.7 Å². The van der Waals surface area contributed by atoms with Gasteiger partial charge in [-0.25, -0.2) is 0 Å². The van der Waals surface area contributed by atoms with Gasteiger partial charge in [0, 0.05) is 13.1 Å². The molecular weight excluding hydrogens is 268 g/mol. The minimum atomic E-state index is 0. The number of rotatable bonds is 6. The third-order valence-electron chi connectivity index (χ3n) is 4.79. The van der Waals surface area contributed by atoms with Crippen LogP contribution in [-0.4, -0.2) is 73.4 Å². The van der Waals surface area contributed by atoms with Crippen molar-refractivity contribution in [3.8, 4) is 0 Å². The van der Waals surface area contributed by atoms with E-state index < -0.39 is 0 Å². The number of carbonyl (C=O) groups excluding carboxylic acids is 1. The monoisotopic (exact) mass is 300 g/mol. The highest BCUT2D eigenvalue weighted by Crippen LogP contribution is 2.41. The van der Waals surface area contributed by atoms with Crippen LogP contribution in [0.4, 0.5) is 0 Å². The molecule has 2 aliphatic heterocycles. The Morgan fingerprint density at radius 2 is 1.62 bits per heavy atom. The fraction of sp³-hybridized carbons (Fsp3) is 0.938. The first-order chi connectivity index (χ1) is 9.63. The second-order valence-electron chi connectivity index (χ2n) is 6.36. The van der Waals surface area contributed by atoms with Gasteiger partial charge in [-0.3, -0.25) is 14.6 Å². The molecule has 0 bridgehead atoms. The second kappa shape index (κ2) is 8.83. The maximum atomic E-state index is 11.2. The van der Waals surface area contributed by atoms with Crippen LogP contribution in [0.1, 0.15) is 40.0 Å². The van der Waals surface area contributed by atoms with E-state index in [1.54, 1.807) is 6.92 Å². The van der Waals surface area contributed by atoms with E-state index in [4.69, 9.17) is 9.84 Å². The normalized spacial score (nSPS) is 23.0. The van der Waals surface area contributed by atoms with Crippen molar-refractivity contribution >= 4 is 5.78 Å². The van der Waals surface area contributed by atoms with Crippen LogP contribution in [0.5, 0.6) is 0 Å². The molecule has 5 heteroatoms. The quantitative estimate of drug-likeness (QED) is 0.751. The maximum Gasteiger partial charge on any atom is 0.143 e. The molecule has 21 heavy (non-hydrogen) atoms. The standard InChI is InChI=1S/C15H28N2O3.CH4/c1-14(19)12-16-6-2-15(3-7-16)4-8-17(9-5-15)13-20-11-10-18;/h18H,2-13H2,1H3;1H4. The highest BCUT2D eigenvalue weighted by atomic mass is 16.5. The summed E-state index contributed by atoms with van der Waals surface area (Å²) in [6.07, 6.45) is 4.93. The molecule has 2 aliphatic rings. The van der Waals surface area contributed by atoms with Crippen LogP contribution in [0.25, 0.3) is 0 Å². The number of likely N-dealkylation sites (tertiary alicyclic amines) is 2. The van der Waals surface area contributed by atoms with Gasteiger partial charge in [0.1, 0.15) is 5.78 Å². The number of aliphatic hydroxyl groups is 1. The number of carbonyl (C=O) groups is 1. The highest BCUT2D eigenvalue weighted by molar-refractivity contribution is 5.77. The first-order valence-electron chi connectivity index (χ1n) is 7.76. The van der Waals surface area contributed by atoms with E-state index in [1.807, 2.05) is 0 Å². The van der Waals surface area contributed by atoms with Gasteiger partial charge in [0.2, 0.25) is 0 Å². The number of ether oxygens (including phenoxy) is 1. The molecule has 0 saturated carbocycles. The maximum absolute atomic E-state index is 11.2. The lowest BCUT2D eigenvalue weighted by Crippen LogP contribution is -2.48. The molecule has 0 radical (unpaired) electrons. The van der Waals surface area contributed by atoms with E-state index in [-0.39, 0.29) is 19.8 Å². The molecule has 2 fully saturated rings. The molecule has 2 saturated heterocycles. The Morgan fingerprint density at radius 1 is 1.10 bits per heavy atom. The number of ketones is 1. The van der Waals surface area contributed by atoms with E-state index in [9.17, 15) is 4.79 Å². The predicted octanol–water partition coefficient (Wildman–Crippen LogP) is 1.36. The van der Waals surface area contributed by atoms with Crippen molar-refractivity contribution in [3.05, 3.63) is 0 Å². The summed E-state index contributed by atoms with van der Waals surface area (Å²) in [6, 6.07) is 0. The summed E-state index contributed by atoms with van der Waals surface area (Å²) in [5, 5.41) is 8.71. The van der Waals surface area contributed by atoms with Gasteiger partial charge in [-0.1, -0.05) is 7.43 Å². The van der Waals surface area contributed by atoms with Crippen molar-refractivity contribution in [1.82, 2.24) is 9.80 Å². The molecule has 0 aromatic rings. The van der Waals surface area contributed by atoms with Gasteiger partial charge in [-0.15, -0.1) is 0 Å². The third kappa shape index (κ3) is 5.66. The van der Waals surface area contributed by atoms with Crippen LogP contribution >= 0.6 is 0 Å². The zero-order valence-corrected chi connectivity index (χ0v) is 12.6. The Hall–Kier alpha value is -0.490. The summed E-state index contributed by atoms with van der Waals surface area (Å²) >= 11 is 0. The molecule has 1 spiro atoms. The van der Waals surface area contributed by atoms with Crippen molar-refractivity contribution in [2.45, 2.75) is 40.0 Å². The Kier molecular flexibility index (Phi) is 7.81. The van der Waals surface area contributed by atoms with Crippen LogP contribution in [0.15, 0.2) is 0 Å². The second-order valence-corrected chi connectivity index (χ2v) is 6.36. The summed E-state index contributed by atoms with van der Waals surface area (Å²) in [7, 11) is 0. The Morgan fingerprint density at radius 3 is 2.10 bits per heavy atom. The van der Waals surface area contributed by atoms with E-state index in [1.165, 1.54) is 25.7 Å². The largest absolute Gasteiger partial charge is 0.394 e. The molecule has 2 heterocycles. The summed E-state index contributed by atoms with van der Waals surface area (Å²) in [4.78, 5) is 15.8. The molecule has 0 amide bonds. The van der Waals surface area contributed by atoms with E-state index >= 15 is 0 Å². The van der Waals surface area contributed by atoms with Crippen molar-refractivity contribution in [2.24, 2.45) is 5.41 Å². The van der Waals surface area contributed by atoms with Gasteiger partial charge in [0.15, 0.2) is 0 Å². The van der Waals surface area contributed by atoms with Crippen LogP contribution in [0, 0.1) is 5.41 Å². The molecule has 0 unspecified atom stereocenters. The van der Waals surface area contributed by atoms with Gasteiger partial charge in [0.25, 0.3) is 0 Å². The van der Waals surface area contributed by atoms with Crippen LogP contribution < -0.4 is 0 Å². The topological polar surface area (TPSA) is 53.0 Å². The lowest BCUT2D eigenvalue weighted by molar-refractivity contribution is -0.119. The van der Waals surface area contributed by atoms with E-state index in [2.05, 4.69) is 9.80 Å². The predicted molar refractivity (Wildman–Crippen MR) is 84.2 cm³/mol. The number of hydrogen-bond donors (Lipinski definition) is 1. The number of piperidine rings is 2. The molecule has 124 valence electrons. The molecule has 1 N–H and O–H groups in total. The smallest absolute Gasteiger partial charge is 0.143 e. The van der Waals surface area contributed by atoms with E-state index in [0.29, 0.717) is 25.3 Å². The minimum Gasteiger partial charge on any atom is -0.394 e. The van der Waals surface area contributed by atoms with Gasteiger partial charge >= 0.3 is 0 Å². The van der Waals surface area contributed by atoms with Crippen molar-refractivity contribution in [3.63, 3.8) is 0 Å². The number of nitrogens with zero attached hydrogens (tertiary/aromatic N) is 2. The lowest BCUT2D eigenvalue weighted by atomic mass is 9.71. The number of aliphatic hydroxyl groups excluding tert-OH is 1. The summed E-state index contributed by atoms with van der Waals surface area (Å²) in [5.41, 5.74) is 0.501. The zero-order chi connectivity index (χ0) is 14.4. The average molecular weight is 300 g/mol. The third-order valence-corrected chi connectivity index (χ3v) is 4.79. The first-order valence-corrected chi connectivity index (χ1v) is 7.76. The van der Waals surface area contributed by atoms with Crippen molar-refractivity contribution < 1.29 is 14.6 Å².